The van der Waals surface area contributed by atoms with Gasteiger partial charge in [-0.15, -0.1) is 0 Å². The van der Waals surface area contributed by atoms with Gasteiger partial charge in [0.2, 0.25) is 0 Å². The van der Waals surface area contributed by atoms with Crippen molar-refractivity contribution in [3.8, 4) is 0 Å². The quantitative estimate of drug-likeness (QED) is 0.379. The Bertz CT molecular complexity index is 24.9. The van der Waals surface area contributed by atoms with Gasteiger partial charge in [0.25, 0.3) is 0 Å². The first-order chi connectivity index (χ1) is 2.91. The van der Waals surface area contributed by atoms with Crippen LogP contribution in [0.3, 0.4) is 0 Å². The van der Waals surface area contributed by atoms with Crippen molar-refractivity contribution in [2.24, 2.45) is 0 Å². The highest BCUT2D eigenvalue weighted by Crippen LogP contribution is 1.52. The third-order valence-electron chi connectivity index (χ3n) is 0.167. The Morgan fingerprint density at radius 2 is 1.33 bits per heavy atom. The van der Waals surface area contributed by atoms with Crippen molar-refractivity contribution in [2.75, 3.05) is 6.26 Å². The Kier molecular flexibility index (Phi) is 32.7. The first-order valence-corrected chi connectivity index (χ1v) is 2.49. The maximum atomic E-state index is 3.53. The van der Waals surface area contributed by atoms with Gasteiger partial charge in [-0.3, -0.25) is 0 Å². The van der Waals surface area contributed by atoms with Crippen LogP contribution in [-0.4, -0.2) is 6.26 Å². The molecule has 0 N–H and O–H groups in total. The molecule has 0 rings (SSSR count). The molecule has 0 saturated heterocycles. The Morgan fingerprint density at radius 3 is 1.33 bits per heavy atom. The van der Waals surface area contributed by atoms with Crippen molar-refractivity contribution in [1.29, 1.82) is 0 Å². The van der Waals surface area contributed by atoms with Gasteiger partial charge in [0.05, 0.1) is 0 Å². The van der Waals surface area contributed by atoms with E-state index in [2.05, 4.69) is 25.8 Å². The van der Waals surface area contributed by atoms with Crippen molar-refractivity contribution in [1.82, 2.24) is 0 Å². The van der Waals surface area contributed by atoms with Crippen LogP contribution in [0.2, 0.25) is 0 Å². The summed E-state index contributed by atoms with van der Waals surface area (Å²) in [4.78, 5) is 0. The zero-order valence-corrected chi connectivity index (χ0v) is 4.91. The van der Waals surface area contributed by atoms with E-state index in [9.17, 15) is 0 Å². The predicted molar refractivity (Wildman–Crippen MR) is 35.3 cm³/mol. The number of thiol groups is 1. The molecular formula is C5H10S. The van der Waals surface area contributed by atoms with Crippen LogP contribution in [0.25, 0.3) is 0 Å². The molecule has 0 aliphatic rings. The third kappa shape index (κ3) is 44.5. The summed E-state index contributed by atoms with van der Waals surface area (Å²) >= 11 is 3.53. The molecule has 0 spiro atoms. The van der Waals surface area contributed by atoms with Gasteiger partial charge in [-0.05, 0) is 6.26 Å². The van der Waals surface area contributed by atoms with Crippen LogP contribution in [0.4, 0.5) is 0 Å². The average molecular weight is 102 g/mol. The number of allylic oxidation sites excluding steroid dienone is 2. The molecule has 1 heteroatoms. The second-order valence-electron chi connectivity index (χ2n) is 0.471. The zero-order valence-electron chi connectivity index (χ0n) is 4.02. The summed E-state index contributed by atoms with van der Waals surface area (Å²) in [6.07, 6.45) is 4.97. The molecule has 0 aromatic carbocycles. The van der Waals surface area contributed by atoms with Gasteiger partial charge in [-0.2, -0.15) is 12.6 Å². The predicted octanol–water partition coefficient (Wildman–Crippen LogP) is 1.90. The van der Waals surface area contributed by atoms with E-state index in [4.69, 9.17) is 0 Å². The molecule has 0 aromatic heterocycles. The summed E-state index contributed by atoms with van der Waals surface area (Å²) in [7, 11) is 0. The lowest BCUT2D eigenvalue weighted by molar-refractivity contribution is 2.15. The second kappa shape index (κ2) is 21.2. The van der Waals surface area contributed by atoms with Crippen LogP contribution in [0.5, 0.6) is 0 Å². The highest BCUT2D eigenvalue weighted by molar-refractivity contribution is 7.79. The SMILES string of the molecule is C=CC=C.CS. The van der Waals surface area contributed by atoms with Gasteiger partial charge in [-0.1, -0.05) is 25.3 Å². The number of hydrogen-bond donors (Lipinski definition) is 1. The van der Waals surface area contributed by atoms with Crippen LogP contribution >= 0.6 is 12.6 Å². The monoisotopic (exact) mass is 102 g/mol. The first kappa shape index (κ1) is 9.27. The lowest BCUT2D eigenvalue weighted by Crippen LogP contribution is -1.21. The summed E-state index contributed by atoms with van der Waals surface area (Å²) in [5, 5.41) is 0. The van der Waals surface area contributed by atoms with E-state index >= 15 is 0 Å². The minimum Gasteiger partial charge on any atom is -0.183 e. The van der Waals surface area contributed by atoms with Gasteiger partial charge < -0.3 is 0 Å². The Balaban J connectivity index is 0. The van der Waals surface area contributed by atoms with E-state index in [1.54, 1.807) is 18.4 Å². The minimum absolute atomic E-state index is 1.64. The Morgan fingerprint density at radius 1 is 1.17 bits per heavy atom. The van der Waals surface area contributed by atoms with Gasteiger partial charge in [0, 0.05) is 0 Å². The van der Waals surface area contributed by atoms with Crippen molar-refractivity contribution in [3.05, 3.63) is 25.3 Å². The molecule has 0 radical (unpaired) electrons. The fourth-order valence-electron chi connectivity index (χ4n) is 0. The molecule has 0 fully saturated rings. The summed E-state index contributed by atoms with van der Waals surface area (Å²) in [6.45, 7) is 6.72. The van der Waals surface area contributed by atoms with Crippen LogP contribution < -0.4 is 0 Å². The van der Waals surface area contributed by atoms with E-state index in [1.807, 2.05) is 0 Å². The Hall–Kier alpha value is -0.170. The highest BCUT2D eigenvalue weighted by Gasteiger charge is 1.29. The van der Waals surface area contributed by atoms with Crippen molar-refractivity contribution in [3.63, 3.8) is 0 Å². The van der Waals surface area contributed by atoms with E-state index in [-0.39, 0.29) is 0 Å². The van der Waals surface area contributed by atoms with Crippen molar-refractivity contribution in [2.45, 2.75) is 0 Å². The van der Waals surface area contributed by atoms with Crippen LogP contribution in [-0.2, 0) is 0 Å². The largest absolute Gasteiger partial charge is 0.183 e. The lowest BCUT2D eigenvalue weighted by atomic mass is 10.6. The molecule has 0 aromatic rings. The van der Waals surface area contributed by atoms with Crippen molar-refractivity contribution < 1.29 is 0 Å². The molecule has 0 saturated carbocycles. The molecular weight excluding hydrogens is 92.1 g/mol. The highest BCUT2D eigenvalue weighted by atomic mass is 32.1. The molecule has 0 unspecified atom stereocenters. The molecule has 6 heavy (non-hydrogen) atoms. The minimum atomic E-state index is 1.64. The van der Waals surface area contributed by atoms with Gasteiger partial charge >= 0.3 is 0 Å². The van der Waals surface area contributed by atoms with E-state index in [0.717, 1.165) is 0 Å². The van der Waals surface area contributed by atoms with Gasteiger partial charge in [0.15, 0.2) is 0 Å². The normalized spacial score (nSPS) is 4.33. The molecule has 0 bridgehead atoms. The van der Waals surface area contributed by atoms with Gasteiger partial charge in [0.1, 0.15) is 0 Å². The first-order valence-electron chi connectivity index (χ1n) is 1.60. The lowest BCUT2D eigenvalue weighted by Gasteiger charge is -1.44. The molecule has 0 aliphatic carbocycles. The standard InChI is InChI=1S/C4H6.CH4S/c1-3-4-2;1-2/h3-4H,1-2H2;2H,1H3. The Labute approximate surface area is 45.0 Å². The maximum absolute atomic E-state index is 3.53. The molecule has 36 valence electrons. The van der Waals surface area contributed by atoms with E-state index < -0.39 is 0 Å². The molecule has 0 amide bonds. The van der Waals surface area contributed by atoms with Crippen LogP contribution in [0, 0.1) is 0 Å². The maximum Gasteiger partial charge on any atom is -0.0215 e. The molecule has 0 atom stereocenters. The molecule has 0 nitrogen and oxygen atoms in total. The zero-order chi connectivity index (χ0) is 5.41. The van der Waals surface area contributed by atoms with Crippen molar-refractivity contribution >= 4 is 12.6 Å². The fourth-order valence-corrected chi connectivity index (χ4v) is 0. The smallest absolute Gasteiger partial charge is 0.0215 e. The summed E-state index contributed by atoms with van der Waals surface area (Å²) < 4.78 is 0. The second-order valence-corrected chi connectivity index (χ2v) is 0.471. The third-order valence-corrected chi connectivity index (χ3v) is 0.167. The average Bonchev–Trinajstić information content (AvgIpc) is 1.72. The van der Waals surface area contributed by atoms with Crippen LogP contribution in [0.15, 0.2) is 25.3 Å². The fraction of sp³-hybridized carbons (Fsp3) is 0.200. The summed E-state index contributed by atoms with van der Waals surface area (Å²) in [5.41, 5.74) is 0. The van der Waals surface area contributed by atoms with E-state index in [0.29, 0.717) is 0 Å². The number of rotatable bonds is 1. The molecule has 0 aliphatic heterocycles. The van der Waals surface area contributed by atoms with Gasteiger partial charge in [-0.25, -0.2) is 0 Å². The molecule has 0 heterocycles. The summed E-state index contributed by atoms with van der Waals surface area (Å²) in [6, 6.07) is 0. The van der Waals surface area contributed by atoms with E-state index in [1.165, 1.54) is 0 Å². The summed E-state index contributed by atoms with van der Waals surface area (Å²) in [5.74, 6) is 0. The van der Waals surface area contributed by atoms with Crippen LogP contribution in [0.1, 0.15) is 0 Å². The number of hydrogen-bond acceptors (Lipinski definition) is 1. The topological polar surface area (TPSA) is 0 Å².